The maximum atomic E-state index is 5.80. The van der Waals surface area contributed by atoms with Crippen molar-refractivity contribution in [3.05, 3.63) is 0 Å². The van der Waals surface area contributed by atoms with E-state index in [4.69, 9.17) is 19.1 Å². The van der Waals surface area contributed by atoms with Crippen LogP contribution in [0, 0.1) is 0 Å². The van der Waals surface area contributed by atoms with Crippen LogP contribution >= 0.6 is 19.1 Å². The van der Waals surface area contributed by atoms with E-state index in [-0.39, 0.29) is 0 Å². The van der Waals surface area contributed by atoms with E-state index in [1.807, 2.05) is 38.0 Å². The first kappa shape index (κ1) is 11.0. The van der Waals surface area contributed by atoms with E-state index >= 15 is 0 Å². The van der Waals surface area contributed by atoms with Crippen LogP contribution in [0.25, 0.3) is 0 Å². The second kappa shape index (κ2) is 4.82. The zero-order valence-corrected chi connectivity index (χ0v) is 9.53. The first-order valence-electron chi connectivity index (χ1n) is 2.63. The molecule has 66 valence electrons. The molecule has 0 aromatic carbocycles. The van der Waals surface area contributed by atoms with Crippen molar-refractivity contribution < 1.29 is 14.3 Å². The van der Waals surface area contributed by atoms with Gasteiger partial charge in [0.05, 0.1) is 0 Å². The van der Waals surface area contributed by atoms with Crippen LogP contribution < -0.4 is 0 Å². The van der Waals surface area contributed by atoms with E-state index in [9.17, 15) is 0 Å². The number of hydrogen-bond acceptors (Lipinski definition) is 2. The molecule has 2 nitrogen and oxygen atoms in total. The van der Waals surface area contributed by atoms with Gasteiger partial charge in [0.2, 0.25) is 0 Å². The molecule has 0 bridgehead atoms. The Balaban J connectivity index is 4.44. The van der Waals surface area contributed by atoms with Crippen molar-refractivity contribution in [2.75, 3.05) is 28.2 Å². The van der Waals surface area contributed by atoms with Gasteiger partial charge in [-0.3, -0.25) is 0 Å². The molecular formula is C5H12Cl2N2Pd. The van der Waals surface area contributed by atoms with Gasteiger partial charge in [0, 0.05) is 0 Å². The number of hydrogen-bond donors (Lipinski definition) is 0. The van der Waals surface area contributed by atoms with E-state index in [1.54, 1.807) is 0 Å². The molecule has 0 unspecified atom stereocenters. The van der Waals surface area contributed by atoms with Crippen LogP contribution in [0.3, 0.4) is 0 Å². The Morgan fingerprint density at radius 2 is 1.30 bits per heavy atom. The van der Waals surface area contributed by atoms with Crippen molar-refractivity contribution in [2.45, 2.75) is 0 Å². The van der Waals surface area contributed by atoms with Gasteiger partial charge in [-0.1, -0.05) is 0 Å². The monoisotopic (exact) mass is 276 g/mol. The summed E-state index contributed by atoms with van der Waals surface area (Å²) < 4.78 is 1.01. The molecule has 0 aromatic rings. The summed E-state index contributed by atoms with van der Waals surface area (Å²) in [7, 11) is 19.3. The molecule has 0 aromatic heterocycles. The van der Waals surface area contributed by atoms with Crippen molar-refractivity contribution in [1.82, 2.24) is 9.80 Å². The molecule has 0 aliphatic rings. The Kier molecular flexibility index (Phi) is 5.32. The predicted molar refractivity (Wildman–Crippen MR) is 44.1 cm³/mol. The van der Waals surface area contributed by atoms with Crippen LogP contribution in [0.2, 0.25) is 0 Å². The van der Waals surface area contributed by atoms with E-state index in [2.05, 4.69) is 0 Å². The Morgan fingerprint density at radius 1 is 1.00 bits per heavy atom. The Hall–Kier alpha value is 1.03. The van der Waals surface area contributed by atoms with Gasteiger partial charge in [-0.2, -0.15) is 0 Å². The molecule has 0 radical (unpaired) electrons. The van der Waals surface area contributed by atoms with Crippen LogP contribution in [-0.2, 0) is 14.3 Å². The summed E-state index contributed by atoms with van der Waals surface area (Å²) in [5.41, 5.74) is 0. The van der Waals surface area contributed by atoms with Gasteiger partial charge in [0.1, 0.15) is 0 Å². The predicted octanol–water partition coefficient (Wildman–Crippen LogP) is 1.12. The third-order valence-electron chi connectivity index (χ3n) is 0.790. The summed E-state index contributed by atoms with van der Waals surface area (Å²) in [5.74, 6) is 0. The molecule has 0 rings (SSSR count). The SMILES string of the molecule is CN(C)[C](N(C)C)=[Pd]([Cl])[Cl]. The fourth-order valence-corrected chi connectivity index (χ4v) is 4.19. The van der Waals surface area contributed by atoms with Gasteiger partial charge in [-0.15, -0.1) is 0 Å². The normalized spacial score (nSPS) is 12.6. The topological polar surface area (TPSA) is 6.48 Å². The zero-order valence-electron chi connectivity index (χ0n) is 6.47. The van der Waals surface area contributed by atoms with E-state index in [0.717, 1.165) is 4.23 Å². The van der Waals surface area contributed by atoms with Gasteiger partial charge in [-0.25, -0.2) is 0 Å². The third kappa shape index (κ3) is 3.43. The van der Waals surface area contributed by atoms with Crippen molar-refractivity contribution in [3.63, 3.8) is 0 Å². The average Bonchev–Trinajstić information content (AvgIpc) is 1.59. The molecule has 0 atom stereocenters. The summed E-state index contributed by atoms with van der Waals surface area (Å²) in [6, 6.07) is 0. The van der Waals surface area contributed by atoms with Crippen molar-refractivity contribution in [1.29, 1.82) is 0 Å². The first-order chi connectivity index (χ1) is 4.46. The fraction of sp³-hybridized carbons (Fsp3) is 0.800. The molecule has 0 saturated carbocycles. The molecule has 0 amide bonds. The minimum absolute atomic E-state index is 1.01. The molecule has 0 N–H and O–H groups in total. The van der Waals surface area contributed by atoms with Crippen LogP contribution in [0.4, 0.5) is 0 Å². The summed E-state index contributed by atoms with van der Waals surface area (Å²) >= 11 is -1.49. The van der Waals surface area contributed by atoms with Gasteiger partial charge in [0.25, 0.3) is 0 Å². The average molecular weight is 277 g/mol. The van der Waals surface area contributed by atoms with E-state index in [1.165, 1.54) is 0 Å². The van der Waals surface area contributed by atoms with Gasteiger partial charge in [0.15, 0.2) is 0 Å². The standard InChI is InChI=1S/C5H12N2.2ClH.Pd/c1-6(2)5-7(3)4;;;/h1-4H3;2*1H;/q;;;+2/p-2. The molecule has 0 saturated heterocycles. The summed E-state index contributed by atoms with van der Waals surface area (Å²) in [6.07, 6.45) is 0. The molecular weight excluding hydrogens is 265 g/mol. The quantitative estimate of drug-likeness (QED) is 0.698. The second-order valence-electron chi connectivity index (χ2n) is 2.19. The van der Waals surface area contributed by atoms with Crippen molar-refractivity contribution in [3.8, 4) is 0 Å². The zero-order chi connectivity index (χ0) is 8.31. The summed E-state index contributed by atoms with van der Waals surface area (Å²) in [4.78, 5) is 3.89. The summed E-state index contributed by atoms with van der Waals surface area (Å²) in [5, 5.41) is 0. The molecule has 0 aliphatic carbocycles. The number of halogens is 2. The first-order valence-corrected chi connectivity index (χ1v) is 7.41. The Bertz CT molecular complexity index is 131. The van der Waals surface area contributed by atoms with Gasteiger partial charge in [-0.05, 0) is 0 Å². The van der Waals surface area contributed by atoms with Crippen molar-refractivity contribution in [2.24, 2.45) is 0 Å². The van der Waals surface area contributed by atoms with E-state index < -0.39 is 14.3 Å². The van der Waals surface area contributed by atoms with Crippen LogP contribution in [0.1, 0.15) is 0 Å². The molecule has 0 fully saturated rings. The van der Waals surface area contributed by atoms with Gasteiger partial charge < -0.3 is 0 Å². The minimum atomic E-state index is -1.49. The summed E-state index contributed by atoms with van der Waals surface area (Å²) in [6.45, 7) is 0. The molecule has 10 heavy (non-hydrogen) atoms. The fourth-order valence-electron chi connectivity index (χ4n) is 0.614. The Morgan fingerprint density at radius 3 is 1.30 bits per heavy atom. The Labute approximate surface area is 75.4 Å². The third-order valence-corrected chi connectivity index (χ3v) is 3.97. The van der Waals surface area contributed by atoms with Crippen LogP contribution in [0.5, 0.6) is 0 Å². The van der Waals surface area contributed by atoms with Crippen molar-refractivity contribution >= 4 is 23.3 Å². The molecule has 0 aliphatic heterocycles. The number of rotatable bonds is 2. The second-order valence-corrected chi connectivity index (χ2v) is 7.25. The molecule has 5 heteroatoms. The molecule has 0 spiro atoms. The van der Waals surface area contributed by atoms with Gasteiger partial charge >= 0.3 is 75.5 Å². The van der Waals surface area contributed by atoms with Crippen LogP contribution in [-0.4, -0.2) is 42.2 Å². The number of nitrogens with zero attached hydrogens (tertiary/aromatic N) is 2. The maximum absolute atomic E-state index is 5.80. The van der Waals surface area contributed by atoms with Crippen LogP contribution in [0.15, 0.2) is 0 Å². The molecule has 0 heterocycles. The van der Waals surface area contributed by atoms with E-state index in [0.29, 0.717) is 0 Å².